The molecule has 0 aliphatic carbocycles. The van der Waals surface area contributed by atoms with Crippen molar-refractivity contribution in [3.63, 3.8) is 0 Å². The number of nitrogens with one attached hydrogen (secondary N) is 2. The van der Waals surface area contributed by atoms with Crippen LogP contribution >= 0.6 is 0 Å². The van der Waals surface area contributed by atoms with Crippen molar-refractivity contribution >= 4 is 23.5 Å². The fraction of sp³-hybridized carbons (Fsp3) is 0.182. The summed E-state index contributed by atoms with van der Waals surface area (Å²) in [6, 6.07) is 27.0. The second-order valence-corrected chi connectivity index (χ2v) is 9.45. The molecule has 0 saturated heterocycles. The number of ether oxygens (including phenoxy) is 1. The molecule has 4 aromatic carbocycles. The van der Waals surface area contributed by atoms with Crippen LogP contribution in [0, 0.1) is 0 Å². The highest BCUT2D eigenvalue weighted by Gasteiger charge is 2.30. The van der Waals surface area contributed by atoms with E-state index in [1.165, 1.54) is 12.1 Å². The van der Waals surface area contributed by atoms with Gasteiger partial charge in [0.2, 0.25) is 6.10 Å². The Hall–Kier alpha value is -4.92. The molecule has 6 nitrogen and oxygen atoms in total. The Morgan fingerprint density at radius 3 is 2.10 bits per heavy atom. The average molecular weight is 575 g/mol. The Bertz CT molecular complexity index is 1520. The van der Waals surface area contributed by atoms with Gasteiger partial charge in [-0.1, -0.05) is 72.8 Å². The summed E-state index contributed by atoms with van der Waals surface area (Å²) in [7, 11) is 0. The van der Waals surface area contributed by atoms with Crippen molar-refractivity contribution in [1.82, 2.24) is 5.32 Å². The summed E-state index contributed by atoms with van der Waals surface area (Å²) in [5.41, 5.74) is 2.44. The summed E-state index contributed by atoms with van der Waals surface area (Å²) < 4.78 is 44.4. The van der Waals surface area contributed by atoms with Gasteiger partial charge in [-0.2, -0.15) is 13.2 Å². The number of rotatable bonds is 10. The van der Waals surface area contributed by atoms with E-state index < -0.39 is 35.6 Å². The van der Waals surface area contributed by atoms with E-state index in [-0.39, 0.29) is 6.42 Å². The molecule has 0 aromatic heterocycles. The third-order valence-electron chi connectivity index (χ3n) is 6.47. The number of alkyl halides is 3. The SMILES string of the molecule is CCNC(=O)C(OC(=O)CCc1ccc(NC(=O)c2ccccc2-c2ccc(C(F)(F)F)cc2)cc1)c1ccccc1. The first kappa shape index (κ1) is 30.0. The van der Waals surface area contributed by atoms with Gasteiger partial charge >= 0.3 is 12.1 Å². The highest BCUT2D eigenvalue weighted by molar-refractivity contribution is 6.08. The molecule has 0 heterocycles. The van der Waals surface area contributed by atoms with Crippen LogP contribution in [-0.2, 0) is 26.9 Å². The molecule has 216 valence electrons. The second-order valence-electron chi connectivity index (χ2n) is 9.45. The highest BCUT2D eigenvalue weighted by atomic mass is 19.4. The highest BCUT2D eigenvalue weighted by Crippen LogP contribution is 2.32. The van der Waals surface area contributed by atoms with Crippen molar-refractivity contribution in [1.29, 1.82) is 0 Å². The van der Waals surface area contributed by atoms with Crippen LogP contribution in [0.5, 0.6) is 0 Å². The maximum absolute atomic E-state index is 13.1. The number of carbonyl (C=O) groups is 3. The number of aryl methyl sites for hydroxylation is 1. The van der Waals surface area contributed by atoms with Gasteiger partial charge in [-0.15, -0.1) is 0 Å². The van der Waals surface area contributed by atoms with Crippen LogP contribution in [0.3, 0.4) is 0 Å². The van der Waals surface area contributed by atoms with E-state index in [2.05, 4.69) is 10.6 Å². The van der Waals surface area contributed by atoms with Crippen LogP contribution in [0.25, 0.3) is 11.1 Å². The molecule has 0 bridgehead atoms. The Morgan fingerprint density at radius 2 is 1.45 bits per heavy atom. The number of carbonyl (C=O) groups excluding carboxylic acids is 3. The van der Waals surface area contributed by atoms with Gasteiger partial charge in [0, 0.05) is 29.8 Å². The topological polar surface area (TPSA) is 84.5 Å². The molecular weight excluding hydrogens is 545 g/mol. The predicted molar refractivity (Wildman–Crippen MR) is 154 cm³/mol. The summed E-state index contributed by atoms with van der Waals surface area (Å²) >= 11 is 0. The lowest BCUT2D eigenvalue weighted by Gasteiger charge is -2.17. The van der Waals surface area contributed by atoms with Crippen LogP contribution in [0.2, 0.25) is 0 Å². The quantitative estimate of drug-likeness (QED) is 0.200. The maximum atomic E-state index is 13.1. The lowest BCUT2D eigenvalue weighted by atomic mass is 9.98. The first-order valence-corrected chi connectivity index (χ1v) is 13.3. The molecule has 9 heteroatoms. The molecule has 2 N–H and O–H groups in total. The number of hydrogen-bond donors (Lipinski definition) is 2. The molecule has 1 atom stereocenters. The summed E-state index contributed by atoms with van der Waals surface area (Å²) in [5.74, 6) is -1.33. The molecule has 0 aliphatic heterocycles. The Labute approximate surface area is 241 Å². The van der Waals surface area contributed by atoms with Crippen LogP contribution < -0.4 is 10.6 Å². The number of hydrogen-bond acceptors (Lipinski definition) is 4. The number of amides is 2. The summed E-state index contributed by atoms with van der Waals surface area (Å²) in [5, 5.41) is 5.50. The molecule has 0 radical (unpaired) electrons. The fourth-order valence-corrected chi connectivity index (χ4v) is 4.33. The Kier molecular flexibility index (Phi) is 9.75. The minimum Gasteiger partial charge on any atom is -0.447 e. The van der Waals surface area contributed by atoms with Gasteiger partial charge in [0.05, 0.1) is 5.56 Å². The maximum Gasteiger partial charge on any atom is 0.416 e. The predicted octanol–water partition coefficient (Wildman–Crippen LogP) is 6.98. The molecular formula is C33H29F3N2O4. The van der Waals surface area contributed by atoms with Gasteiger partial charge in [-0.05, 0) is 60.4 Å². The van der Waals surface area contributed by atoms with Crippen molar-refractivity contribution in [2.24, 2.45) is 0 Å². The molecule has 4 rings (SSSR count). The van der Waals surface area contributed by atoms with Crippen molar-refractivity contribution in [3.8, 4) is 11.1 Å². The molecule has 0 spiro atoms. The number of esters is 1. The van der Waals surface area contributed by atoms with Crippen LogP contribution in [0.4, 0.5) is 18.9 Å². The zero-order valence-corrected chi connectivity index (χ0v) is 22.8. The molecule has 0 aliphatic rings. The minimum absolute atomic E-state index is 0.0505. The number of halogens is 3. The second kappa shape index (κ2) is 13.6. The first-order chi connectivity index (χ1) is 20.2. The van der Waals surface area contributed by atoms with E-state index in [4.69, 9.17) is 4.74 Å². The zero-order valence-electron chi connectivity index (χ0n) is 22.8. The minimum atomic E-state index is -4.45. The number of benzene rings is 4. The molecule has 2 amide bonds. The van der Waals surface area contributed by atoms with Crippen molar-refractivity contribution in [2.75, 3.05) is 11.9 Å². The standard InChI is InChI=1S/C33H29F3N2O4/c1-2-37-32(41)30(24-8-4-3-5-9-24)42-29(39)21-14-22-12-19-26(20-13-22)38-31(40)28-11-7-6-10-27(28)23-15-17-25(18-16-23)33(34,35)36/h3-13,15-20,30H,2,14,21H2,1H3,(H,37,41)(H,38,40). The van der Waals surface area contributed by atoms with Crippen LogP contribution in [0.15, 0.2) is 103 Å². The third kappa shape index (κ3) is 7.84. The van der Waals surface area contributed by atoms with Crippen LogP contribution in [0.1, 0.15) is 46.5 Å². The molecule has 4 aromatic rings. The number of likely N-dealkylation sites (N-methyl/N-ethyl adjacent to an activating group) is 1. The third-order valence-corrected chi connectivity index (χ3v) is 6.47. The van der Waals surface area contributed by atoms with Crippen molar-refractivity contribution in [2.45, 2.75) is 32.0 Å². The summed E-state index contributed by atoms with van der Waals surface area (Å²) in [6.07, 6.45) is -5.07. The van der Waals surface area contributed by atoms with Crippen LogP contribution in [-0.4, -0.2) is 24.3 Å². The van der Waals surface area contributed by atoms with E-state index in [1.54, 1.807) is 79.7 Å². The van der Waals surface area contributed by atoms with E-state index in [9.17, 15) is 27.6 Å². The summed E-state index contributed by atoms with van der Waals surface area (Å²) in [6.45, 7) is 2.19. The van der Waals surface area contributed by atoms with Gasteiger partial charge in [-0.3, -0.25) is 14.4 Å². The lowest BCUT2D eigenvalue weighted by molar-refractivity contribution is -0.156. The van der Waals surface area contributed by atoms with Gasteiger partial charge in [-0.25, -0.2) is 0 Å². The molecule has 1 unspecified atom stereocenters. The average Bonchev–Trinajstić information content (AvgIpc) is 2.99. The number of anilines is 1. The lowest BCUT2D eigenvalue weighted by Crippen LogP contribution is -2.32. The van der Waals surface area contributed by atoms with E-state index in [1.807, 2.05) is 6.07 Å². The molecule has 0 saturated carbocycles. The monoisotopic (exact) mass is 574 g/mol. The van der Waals surface area contributed by atoms with Gasteiger partial charge in [0.25, 0.3) is 11.8 Å². The van der Waals surface area contributed by atoms with Gasteiger partial charge < -0.3 is 15.4 Å². The largest absolute Gasteiger partial charge is 0.447 e. The summed E-state index contributed by atoms with van der Waals surface area (Å²) in [4.78, 5) is 38.1. The molecule has 0 fully saturated rings. The van der Waals surface area contributed by atoms with E-state index in [0.717, 1.165) is 17.7 Å². The first-order valence-electron chi connectivity index (χ1n) is 13.3. The smallest absolute Gasteiger partial charge is 0.416 e. The normalized spacial score (nSPS) is 11.8. The Morgan fingerprint density at radius 1 is 0.810 bits per heavy atom. The molecule has 42 heavy (non-hydrogen) atoms. The van der Waals surface area contributed by atoms with Crippen molar-refractivity contribution < 1.29 is 32.3 Å². The van der Waals surface area contributed by atoms with Gasteiger partial charge in [0.15, 0.2) is 0 Å². The van der Waals surface area contributed by atoms with E-state index >= 15 is 0 Å². The fourth-order valence-electron chi connectivity index (χ4n) is 4.33. The zero-order chi connectivity index (χ0) is 30.1. The Balaban J connectivity index is 1.37. The van der Waals surface area contributed by atoms with Gasteiger partial charge in [0.1, 0.15) is 0 Å². The van der Waals surface area contributed by atoms with Crippen molar-refractivity contribution in [3.05, 3.63) is 125 Å². The van der Waals surface area contributed by atoms with E-state index in [0.29, 0.717) is 40.9 Å².